The zero-order valence-corrected chi connectivity index (χ0v) is 11.0. The lowest BCUT2D eigenvalue weighted by atomic mass is 10.1. The SMILES string of the molecule is O=C(NCC1CCCO1)c1ccc([N+](=O)[O-])cc1[N+](=O)[O-]. The Morgan fingerprint density at radius 1 is 1.33 bits per heavy atom. The van der Waals surface area contributed by atoms with Crippen molar-refractivity contribution in [2.24, 2.45) is 0 Å². The summed E-state index contributed by atoms with van der Waals surface area (Å²) >= 11 is 0. The van der Waals surface area contributed by atoms with Crippen molar-refractivity contribution in [3.8, 4) is 0 Å². The van der Waals surface area contributed by atoms with Crippen LogP contribution in [-0.4, -0.2) is 35.0 Å². The summed E-state index contributed by atoms with van der Waals surface area (Å²) in [5.41, 5.74) is -1.23. The molecule has 9 nitrogen and oxygen atoms in total. The van der Waals surface area contributed by atoms with Crippen LogP contribution in [-0.2, 0) is 4.74 Å². The molecule has 9 heteroatoms. The van der Waals surface area contributed by atoms with Gasteiger partial charge in [-0.05, 0) is 18.9 Å². The summed E-state index contributed by atoms with van der Waals surface area (Å²) in [4.78, 5) is 32.0. The van der Waals surface area contributed by atoms with Gasteiger partial charge in [-0.25, -0.2) is 0 Å². The number of nitrogens with one attached hydrogen (secondary N) is 1. The quantitative estimate of drug-likeness (QED) is 0.646. The Balaban J connectivity index is 2.15. The van der Waals surface area contributed by atoms with Crippen LogP contribution in [0.1, 0.15) is 23.2 Å². The molecule has 1 heterocycles. The third-order valence-corrected chi connectivity index (χ3v) is 3.15. The Morgan fingerprint density at radius 2 is 2.10 bits per heavy atom. The van der Waals surface area contributed by atoms with Gasteiger partial charge >= 0.3 is 0 Å². The first kappa shape index (κ1) is 14.9. The fourth-order valence-corrected chi connectivity index (χ4v) is 2.08. The third-order valence-electron chi connectivity index (χ3n) is 3.15. The molecular weight excluding hydrogens is 282 g/mol. The number of hydrogen-bond acceptors (Lipinski definition) is 6. The van der Waals surface area contributed by atoms with Crippen LogP contribution in [0.2, 0.25) is 0 Å². The van der Waals surface area contributed by atoms with E-state index in [9.17, 15) is 25.0 Å². The van der Waals surface area contributed by atoms with E-state index in [0.29, 0.717) is 6.61 Å². The number of amides is 1. The summed E-state index contributed by atoms with van der Waals surface area (Å²) < 4.78 is 5.33. The summed E-state index contributed by atoms with van der Waals surface area (Å²) in [6.45, 7) is 0.894. The van der Waals surface area contributed by atoms with E-state index in [0.717, 1.165) is 31.0 Å². The Hall–Kier alpha value is -2.55. The van der Waals surface area contributed by atoms with E-state index in [2.05, 4.69) is 5.32 Å². The largest absolute Gasteiger partial charge is 0.376 e. The molecule has 1 fully saturated rings. The van der Waals surface area contributed by atoms with E-state index in [1.165, 1.54) is 0 Å². The van der Waals surface area contributed by atoms with Crippen molar-refractivity contribution in [2.75, 3.05) is 13.2 Å². The maximum absolute atomic E-state index is 12.0. The number of carbonyl (C=O) groups excluding carboxylic acids is 1. The number of nitro benzene ring substituents is 2. The molecule has 21 heavy (non-hydrogen) atoms. The molecule has 1 unspecified atom stereocenters. The molecule has 0 aromatic heterocycles. The summed E-state index contributed by atoms with van der Waals surface area (Å²) in [5, 5.41) is 24.1. The summed E-state index contributed by atoms with van der Waals surface area (Å²) in [7, 11) is 0. The van der Waals surface area contributed by atoms with Crippen molar-refractivity contribution in [3.05, 3.63) is 44.0 Å². The maximum Gasteiger partial charge on any atom is 0.289 e. The van der Waals surface area contributed by atoms with E-state index < -0.39 is 27.1 Å². The minimum Gasteiger partial charge on any atom is -0.376 e. The van der Waals surface area contributed by atoms with Crippen LogP contribution >= 0.6 is 0 Å². The summed E-state index contributed by atoms with van der Waals surface area (Å²) in [6, 6.07) is 2.93. The number of nitro groups is 2. The van der Waals surface area contributed by atoms with Gasteiger partial charge in [-0.2, -0.15) is 0 Å². The van der Waals surface area contributed by atoms with E-state index in [1.807, 2.05) is 0 Å². The van der Waals surface area contributed by atoms with E-state index in [4.69, 9.17) is 4.74 Å². The van der Waals surface area contributed by atoms with Gasteiger partial charge in [0, 0.05) is 19.2 Å². The highest BCUT2D eigenvalue weighted by molar-refractivity contribution is 5.98. The predicted molar refractivity (Wildman–Crippen MR) is 71.1 cm³/mol. The Morgan fingerprint density at radius 3 is 2.67 bits per heavy atom. The molecule has 0 saturated carbocycles. The molecule has 0 spiro atoms. The van der Waals surface area contributed by atoms with Crippen LogP contribution in [0.5, 0.6) is 0 Å². The summed E-state index contributed by atoms with van der Waals surface area (Å²) in [6.07, 6.45) is 1.65. The number of nitrogens with zero attached hydrogens (tertiary/aromatic N) is 2. The molecule has 1 aromatic rings. The van der Waals surface area contributed by atoms with E-state index in [1.54, 1.807) is 0 Å². The second-order valence-electron chi connectivity index (χ2n) is 4.56. The van der Waals surface area contributed by atoms with Gasteiger partial charge in [-0.3, -0.25) is 25.0 Å². The Bertz CT molecular complexity index is 582. The van der Waals surface area contributed by atoms with Crippen LogP contribution in [0.4, 0.5) is 11.4 Å². The van der Waals surface area contributed by atoms with Crippen molar-refractivity contribution in [3.63, 3.8) is 0 Å². The number of carbonyl (C=O) groups is 1. The highest BCUT2D eigenvalue weighted by Crippen LogP contribution is 2.24. The number of rotatable bonds is 5. The molecule has 1 saturated heterocycles. The number of hydrogen-bond donors (Lipinski definition) is 1. The second kappa shape index (κ2) is 6.27. The first-order valence-corrected chi connectivity index (χ1v) is 6.31. The number of benzene rings is 1. The van der Waals surface area contributed by atoms with Crippen LogP contribution in [0.15, 0.2) is 18.2 Å². The van der Waals surface area contributed by atoms with Crippen molar-refractivity contribution >= 4 is 17.3 Å². The zero-order chi connectivity index (χ0) is 15.4. The second-order valence-corrected chi connectivity index (χ2v) is 4.56. The molecule has 1 aliphatic heterocycles. The van der Waals surface area contributed by atoms with Crippen LogP contribution in [0.25, 0.3) is 0 Å². The normalized spacial score (nSPS) is 17.4. The molecule has 1 aromatic carbocycles. The predicted octanol–water partition coefficient (Wildman–Crippen LogP) is 1.41. The van der Waals surface area contributed by atoms with Gasteiger partial charge in [0.15, 0.2) is 0 Å². The smallest absolute Gasteiger partial charge is 0.289 e. The fourth-order valence-electron chi connectivity index (χ4n) is 2.08. The minimum atomic E-state index is -0.812. The maximum atomic E-state index is 12.0. The van der Waals surface area contributed by atoms with Crippen molar-refractivity contribution in [2.45, 2.75) is 18.9 Å². The first-order valence-electron chi connectivity index (χ1n) is 6.31. The highest BCUT2D eigenvalue weighted by Gasteiger charge is 2.25. The first-order chi connectivity index (χ1) is 9.99. The van der Waals surface area contributed by atoms with Crippen LogP contribution in [0, 0.1) is 20.2 Å². The van der Waals surface area contributed by atoms with Gasteiger partial charge in [-0.1, -0.05) is 0 Å². The molecule has 1 N–H and O–H groups in total. The molecule has 0 bridgehead atoms. The lowest BCUT2D eigenvalue weighted by molar-refractivity contribution is -0.394. The fraction of sp³-hybridized carbons (Fsp3) is 0.417. The van der Waals surface area contributed by atoms with Crippen molar-refractivity contribution in [1.29, 1.82) is 0 Å². The monoisotopic (exact) mass is 295 g/mol. The lowest BCUT2D eigenvalue weighted by Crippen LogP contribution is -2.32. The molecule has 1 amide bonds. The third kappa shape index (κ3) is 3.51. The lowest BCUT2D eigenvalue weighted by Gasteiger charge is -2.10. The average molecular weight is 295 g/mol. The van der Waals surface area contributed by atoms with E-state index in [-0.39, 0.29) is 18.2 Å². The minimum absolute atomic E-state index is 0.0916. The van der Waals surface area contributed by atoms with Gasteiger partial charge < -0.3 is 10.1 Å². The van der Waals surface area contributed by atoms with Crippen LogP contribution < -0.4 is 5.32 Å². The standard InChI is InChI=1S/C12H13N3O6/c16-12(13-7-9-2-1-5-21-9)10-4-3-8(14(17)18)6-11(10)15(19)20/h3-4,6,9H,1-2,5,7H2,(H,13,16). The van der Waals surface area contributed by atoms with Gasteiger partial charge in [-0.15, -0.1) is 0 Å². The van der Waals surface area contributed by atoms with Gasteiger partial charge in [0.2, 0.25) is 0 Å². The molecule has 1 aliphatic rings. The summed E-state index contributed by atoms with van der Waals surface area (Å²) in [5.74, 6) is -0.646. The highest BCUT2D eigenvalue weighted by atomic mass is 16.6. The van der Waals surface area contributed by atoms with E-state index >= 15 is 0 Å². The van der Waals surface area contributed by atoms with Crippen LogP contribution in [0.3, 0.4) is 0 Å². The van der Waals surface area contributed by atoms with Crippen molar-refractivity contribution in [1.82, 2.24) is 5.32 Å². The Labute approximate surface area is 119 Å². The molecule has 112 valence electrons. The molecule has 0 radical (unpaired) electrons. The van der Waals surface area contributed by atoms with Gasteiger partial charge in [0.25, 0.3) is 17.3 Å². The average Bonchev–Trinajstić information content (AvgIpc) is 2.97. The molecule has 2 rings (SSSR count). The van der Waals surface area contributed by atoms with Gasteiger partial charge in [0.1, 0.15) is 5.56 Å². The molecule has 0 aliphatic carbocycles. The zero-order valence-electron chi connectivity index (χ0n) is 11.0. The molecular formula is C12H13N3O6. The molecule has 1 atom stereocenters. The number of ether oxygens (including phenoxy) is 1. The topological polar surface area (TPSA) is 125 Å². The number of non-ortho nitro benzene ring substituents is 1. The Kier molecular flexibility index (Phi) is 4.43. The van der Waals surface area contributed by atoms with Gasteiger partial charge in [0.05, 0.1) is 22.0 Å². The van der Waals surface area contributed by atoms with Crippen molar-refractivity contribution < 1.29 is 19.4 Å².